The Kier molecular flexibility index (Phi) is 3.31. The van der Waals surface area contributed by atoms with Crippen molar-refractivity contribution in [3.8, 4) is 0 Å². The molecule has 0 fully saturated rings. The maximum Gasteiger partial charge on any atom is 0.213 e. The largest absolute Gasteiger partial charge is 0.343 e. The van der Waals surface area contributed by atoms with E-state index in [4.69, 9.17) is 0 Å². The number of nitrogens with zero attached hydrogens (tertiary/aromatic N) is 4. The van der Waals surface area contributed by atoms with Gasteiger partial charge in [-0.1, -0.05) is 5.16 Å². The van der Waals surface area contributed by atoms with Gasteiger partial charge in [-0.05, 0) is 13.8 Å². The normalized spacial score (nSPS) is 11.2. The predicted octanol–water partition coefficient (Wildman–Crippen LogP) is 1.14. The van der Waals surface area contributed by atoms with E-state index in [1.165, 1.54) is 6.39 Å². The van der Waals surface area contributed by atoms with Crippen molar-refractivity contribution in [3.05, 3.63) is 30.4 Å². The minimum absolute atomic E-state index is 0.421. The maximum absolute atomic E-state index is 4.65. The lowest BCUT2D eigenvalue weighted by Crippen LogP contribution is -2.17. The highest BCUT2D eigenvalue weighted by Gasteiger charge is 2.05. The first-order valence-corrected chi connectivity index (χ1v) is 5.24. The van der Waals surface area contributed by atoms with Gasteiger partial charge in [0.05, 0.1) is 18.6 Å². The number of rotatable bonds is 5. The molecule has 0 spiro atoms. The van der Waals surface area contributed by atoms with Crippen molar-refractivity contribution >= 4 is 0 Å². The third-order valence-corrected chi connectivity index (χ3v) is 2.30. The van der Waals surface area contributed by atoms with Gasteiger partial charge in [0.25, 0.3) is 0 Å². The van der Waals surface area contributed by atoms with Crippen molar-refractivity contribution in [1.82, 2.24) is 25.0 Å². The zero-order valence-corrected chi connectivity index (χ0v) is 9.42. The van der Waals surface area contributed by atoms with Crippen LogP contribution in [-0.4, -0.2) is 19.7 Å². The van der Waals surface area contributed by atoms with Crippen molar-refractivity contribution in [3.63, 3.8) is 0 Å². The van der Waals surface area contributed by atoms with E-state index < -0.39 is 0 Å². The summed E-state index contributed by atoms with van der Waals surface area (Å²) in [5.41, 5.74) is 1.15. The first-order chi connectivity index (χ1) is 7.77. The van der Waals surface area contributed by atoms with Crippen molar-refractivity contribution in [2.24, 2.45) is 0 Å². The van der Waals surface area contributed by atoms with Crippen LogP contribution in [0.2, 0.25) is 0 Å². The minimum Gasteiger partial charge on any atom is -0.343 e. The van der Waals surface area contributed by atoms with Gasteiger partial charge >= 0.3 is 0 Å². The summed E-state index contributed by atoms with van der Waals surface area (Å²) in [6.45, 7) is 5.60. The Morgan fingerprint density at radius 1 is 1.44 bits per heavy atom. The van der Waals surface area contributed by atoms with E-state index in [9.17, 15) is 0 Å². The Labute approximate surface area is 93.7 Å². The molecular formula is C10H15N5O. The molecule has 0 aliphatic carbocycles. The summed E-state index contributed by atoms with van der Waals surface area (Å²) in [4.78, 5) is 8.06. The standard InChI is InChI=1S/C10H15N5O/c1-8(2)15-6-12-4-9(15)3-11-5-10-13-7-16-14-10/h4,6-8,11H,3,5H2,1-2H3. The summed E-state index contributed by atoms with van der Waals surface area (Å²) >= 11 is 0. The number of hydrogen-bond donors (Lipinski definition) is 1. The summed E-state index contributed by atoms with van der Waals surface area (Å²) in [5, 5.41) is 6.96. The molecule has 0 aliphatic heterocycles. The number of aromatic nitrogens is 4. The van der Waals surface area contributed by atoms with Gasteiger partial charge in [-0.2, -0.15) is 4.98 Å². The molecule has 0 aromatic carbocycles. The SMILES string of the molecule is CC(C)n1cncc1CNCc1ncon1. The molecule has 2 aromatic heterocycles. The number of hydrogen-bond acceptors (Lipinski definition) is 5. The van der Waals surface area contributed by atoms with Crippen LogP contribution in [0.4, 0.5) is 0 Å². The molecule has 0 radical (unpaired) electrons. The van der Waals surface area contributed by atoms with Crippen molar-refractivity contribution in [2.75, 3.05) is 0 Å². The van der Waals surface area contributed by atoms with E-state index in [1.807, 2.05) is 12.5 Å². The van der Waals surface area contributed by atoms with E-state index in [2.05, 4.69) is 43.4 Å². The van der Waals surface area contributed by atoms with Gasteiger partial charge in [0.1, 0.15) is 0 Å². The minimum atomic E-state index is 0.421. The summed E-state index contributed by atoms with van der Waals surface area (Å²) < 4.78 is 6.77. The van der Waals surface area contributed by atoms with Gasteiger partial charge in [-0.15, -0.1) is 0 Å². The zero-order chi connectivity index (χ0) is 11.4. The van der Waals surface area contributed by atoms with E-state index in [-0.39, 0.29) is 0 Å². The van der Waals surface area contributed by atoms with Crippen LogP contribution in [0.3, 0.4) is 0 Å². The maximum atomic E-state index is 4.65. The lowest BCUT2D eigenvalue weighted by Gasteiger charge is -2.11. The van der Waals surface area contributed by atoms with Gasteiger partial charge in [0, 0.05) is 18.8 Å². The average molecular weight is 221 g/mol. The Morgan fingerprint density at radius 2 is 2.31 bits per heavy atom. The van der Waals surface area contributed by atoms with Crippen LogP contribution in [-0.2, 0) is 13.1 Å². The number of imidazole rings is 1. The van der Waals surface area contributed by atoms with E-state index in [0.717, 1.165) is 12.2 Å². The molecular weight excluding hydrogens is 206 g/mol. The Bertz CT molecular complexity index is 420. The van der Waals surface area contributed by atoms with Crippen LogP contribution in [0.5, 0.6) is 0 Å². The zero-order valence-electron chi connectivity index (χ0n) is 9.42. The van der Waals surface area contributed by atoms with E-state index in [0.29, 0.717) is 18.4 Å². The van der Waals surface area contributed by atoms with Crippen LogP contribution in [0.25, 0.3) is 0 Å². The Balaban J connectivity index is 1.87. The second-order valence-electron chi connectivity index (χ2n) is 3.84. The van der Waals surface area contributed by atoms with Crippen LogP contribution in [0.1, 0.15) is 31.4 Å². The molecule has 0 bridgehead atoms. The molecule has 86 valence electrons. The molecule has 6 heteroatoms. The Hall–Kier alpha value is -1.69. The second-order valence-corrected chi connectivity index (χ2v) is 3.84. The highest BCUT2D eigenvalue weighted by molar-refractivity contribution is 4.99. The Morgan fingerprint density at radius 3 is 3.00 bits per heavy atom. The molecule has 1 N–H and O–H groups in total. The van der Waals surface area contributed by atoms with E-state index >= 15 is 0 Å². The third kappa shape index (κ3) is 2.46. The molecule has 0 atom stereocenters. The van der Waals surface area contributed by atoms with Crippen LogP contribution < -0.4 is 5.32 Å². The van der Waals surface area contributed by atoms with Crippen LogP contribution in [0.15, 0.2) is 23.4 Å². The fraction of sp³-hybridized carbons (Fsp3) is 0.500. The predicted molar refractivity (Wildman–Crippen MR) is 57.5 cm³/mol. The summed E-state index contributed by atoms with van der Waals surface area (Å²) in [5.74, 6) is 0.663. The summed E-state index contributed by atoms with van der Waals surface area (Å²) in [6, 6.07) is 0.421. The van der Waals surface area contributed by atoms with Gasteiger partial charge in [-0.25, -0.2) is 4.98 Å². The van der Waals surface area contributed by atoms with E-state index in [1.54, 1.807) is 0 Å². The molecule has 6 nitrogen and oxygen atoms in total. The van der Waals surface area contributed by atoms with Gasteiger partial charge in [0.2, 0.25) is 6.39 Å². The van der Waals surface area contributed by atoms with Crippen LogP contribution in [0, 0.1) is 0 Å². The highest BCUT2D eigenvalue weighted by Crippen LogP contribution is 2.08. The molecule has 2 aromatic rings. The molecule has 0 amide bonds. The molecule has 0 saturated carbocycles. The fourth-order valence-electron chi connectivity index (χ4n) is 1.51. The van der Waals surface area contributed by atoms with Crippen molar-refractivity contribution in [1.29, 1.82) is 0 Å². The lowest BCUT2D eigenvalue weighted by molar-refractivity contribution is 0.407. The summed E-state index contributed by atoms with van der Waals surface area (Å²) in [7, 11) is 0. The molecule has 16 heavy (non-hydrogen) atoms. The fourth-order valence-corrected chi connectivity index (χ4v) is 1.51. The molecule has 2 heterocycles. The topological polar surface area (TPSA) is 68.8 Å². The highest BCUT2D eigenvalue weighted by atomic mass is 16.5. The molecule has 0 unspecified atom stereocenters. The van der Waals surface area contributed by atoms with Gasteiger partial charge in [0.15, 0.2) is 5.82 Å². The molecule has 0 aliphatic rings. The van der Waals surface area contributed by atoms with Crippen molar-refractivity contribution < 1.29 is 4.52 Å². The smallest absolute Gasteiger partial charge is 0.213 e. The van der Waals surface area contributed by atoms with Gasteiger partial charge in [-0.3, -0.25) is 0 Å². The first-order valence-electron chi connectivity index (χ1n) is 5.24. The molecule has 0 saturated heterocycles. The van der Waals surface area contributed by atoms with Crippen LogP contribution >= 0.6 is 0 Å². The monoisotopic (exact) mass is 221 g/mol. The average Bonchev–Trinajstić information content (AvgIpc) is 2.87. The summed E-state index contributed by atoms with van der Waals surface area (Å²) in [6.07, 6.45) is 5.04. The molecule has 2 rings (SSSR count). The van der Waals surface area contributed by atoms with Gasteiger partial charge < -0.3 is 14.4 Å². The number of nitrogens with one attached hydrogen (secondary N) is 1. The quantitative estimate of drug-likeness (QED) is 0.819. The van der Waals surface area contributed by atoms with Crippen molar-refractivity contribution in [2.45, 2.75) is 33.0 Å². The second kappa shape index (κ2) is 4.89. The third-order valence-electron chi connectivity index (χ3n) is 2.30. The lowest BCUT2D eigenvalue weighted by atomic mass is 10.3. The first kappa shape index (κ1) is 10.8.